The molecule has 90 valence electrons. The van der Waals surface area contributed by atoms with Crippen molar-refractivity contribution in [1.29, 1.82) is 5.26 Å². The second-order valence-corrected chi connectivity index (χ2v) is 4.01. The Labute approximate surface area is 108 Å². The van der Waals surface area contributed by atoms with E-state index in [1.54, 1.807) is 13.0 Å². The van der Waals surface area contributed by atoms with E-state index in [0.29, 0.717) is 17.1 Å². The van der Waals surface area contributed by atoms with Gasteiger partial charge in [0.1, 0.15) is 23.8 Å². The molecule has 0 unspecified atom stereocenters. The maximum absolute atomic E-state index is 13.3. The van der Waals surface area contributed by atoms with Gasteiger partial charge in [0.15, 0.2) is 5.82 Å². The molecule has 4 nitrogen and oxygen atoms in total. The Bertz CT molecular complexity index is 636. The van der Waals surface area contributed by atoms with Gasteiger partial charge in [0, 0.05) is 0 Å². The van der Waals surface area contributed by atoms with Crippen LogP contribution in [0.1, 0.15) is 11.1 Å². The van der Waals surface area contributed by atoms with Crippen molar-refractivity contribution in [3.05, 3.63) is 46.6 Å². The van der Waals surface area contributed by atoms with Crippen LogP contribution in [0.25, 0.3) is 0 Å². The summed E-state index contributed by atoms with van der Waals surface area (Å²) >= 11 is 5.92. The Balaban J connectivity index is 2.41. The highest BCUT2D eigenvalue weighted by molar-refractivity contribution is 6.33. The van der Waals surface area contributed by atoms with Gasteiger partial charge < -0.3 is 5.32 Å². The molecule has 1 N–H and O–H groups in total. The number of anilines is 2. The topological polar surface area (TPSA) is 61.6 Å². The van der Waals surface area contributed by atoms with E-state index in [2.05, 4.69) is 15.3 Å². The van der Waals surface area contributed by atoms with Crippen LogP contribution in [-0.4, -0.2) is 9.97 Å². The van der Waals surface area contributed by atoms with Crippen LogP contribution in [0.2, 0.25) is 5.02 Å². The third-order valence-corrected chi connectivity index (χ3v) is 2.65. The molecule has 2 rings (SSSR count). The van der Waals surface area contributed by atoms with Crippen molar-refractivity contribution in [1.82, 2.24) is 9.97 Å². The summed E-state index contributed by atoms with van der Waals surface area (Å²) in [5, 5.41) is 12.0. The number of nitrogens with one attached hydrogen (secondary N) is 1. The fourth-order valence-electron chi connectivity index (χ4n) is 1.39. The molecule has 0 atom stereocenters. The molecule has 0 aliphatic rings. The zero-order valence-electron chi connectivity index (χ0n) is 9.41. The number of hydrogen-bond acceptors (Lipinski definition) is 4. The number of nitrogens with zero attached hydrogens (tertiary/aromatic N) is 3. The standard InChI is InChI=1S/C12H8ClFN4/c1-7-2-11(9(13)3-10(7)14)18-12-8(4-15)5-16-6-17-12/h2-3,5-6H,1H3,(H,16,17,18). The lowest BCUT2D eigenvalue weighted by Gasteiger charge is -2.09. The molecule has 0 amide bonds. The minimum absolute atomic E-state index is 0.223. The van der Waals surface area contributed by atoms with Crippen molar-refractivity contribution in [2.45, 2.75) is 6.92 Å². The molecule has 1 aromatic carbocycles. The van der Waals surface area contributed by atoms with Gasteiger partial charge in [-0.15, -0.1) is 0 Å². The van der Waals surface area contributed by atoms with E-state index >= 15 is 0 Å². The number of benzene rings is 1. The van der Waals surface area contributed by atoms with Crippen LogP contribution in [0.5, 0.6) is 0 Å². The molecule has 18 heavy (non-hydrogen) atoms. The van der Waals surface area contributed by atoms with E-state index < -0.39 is 0 Å². The summed E-state index contributed by atoms with van der Waals surface area (Å²) in [6, 6.07) is 4.73. The Hall–Kier alpha value is -2.19. The van der Waals surface area contributed by atoms with E-state index in [1.165, 1.54) is 18.6 Å². The van der Waals surface area contributed by atoms with E-state index in [4.69, 9.17) is 16.9 Å². The smallest absolute Gasteiger partial charge is 0.151 e. The molecular formula is C12H8ClFN4. The molecule has 0 aliphatic carbocycles. The number of halogens is 2. The van der Waals surface area contributed by atoms with Crippen molar-refractivity contribution >= 4 is 23.1 Å². The number of hydrogen-bond donors (Lipinski definition) is 1. The maximum atomic E-state index is 13.3. The molecular weight excluding hydrogens is 255 g/mol. The predicted molar refractivity (Wildman–Crippen MR) is 66.2 cm³/mol. The molecule has 6 heteroatoms. The molecule has 0 radical (unpaired) electrons. The molecule has 1 aromatic heterocycles. The van der Waals surface area contributed by atoms with Crippen molar-refractivity contribution in [3.8, 4) is 6.07 Å². The first-order valence-corrected chi connectivity index (χ1v) is 5.42. The molecule has 0 saturated carbocycles. The monoisotopic (exact) mass is 262 g/mol. The number of aromatic nitrogens is 2. The first-order chi connectivity index (χ1) is 8.61. The third-order valence-electron chi connectivity index (χ3n) is 2.33. The van der Waals surface area contributed by atoms with E-state index in [9.17, 15) is 4.39 Å². The van der Waals surface area contributed by atoms with Crippen molar-refractivity contribution in [2.75, 3.05) is 5.32 Å². The molecule has 1 heterocycles. The molecule has 0 bridgehead atoms. The van der Waals surface area contributed by atoms with Gasteiger partial charge in [-0.1, -0.05) is 11.6 Å². The van der Waals surface area contributed by atoms with E-state index in [0.717, 1.165) is 0 Å². The first kappa shape index (κ1) is 12.3. The summed E-state index contributed by atoms with van der Waals surface area (Å²) < 4.78 is 13.3. The fourth-order valence-corrected chi connectivity index (χ4v) is 1.59. The molecule has 0 fully saturated rings. The number of nitriles is 1. The Morgan fingerprint density at radius 2 is 2.22 bits per heavy atom. The predicted octanol–water partition coefficient (Wildman–Crippen LogP) is 3.19. The average molecular weight is 263 g/mol. The van der Waals surface area contributed by atoms with Gasteiger partial charge in [-0.25, -0.2) is 14.4 Å². The molecule has 0 aliphatic heterocycles. The van der Waals surface area contributed by atoms with Gasteiger partial charge in [-0.3, -0.25) is 0 Å². The van der Waals surface area contributed by atoms with Gasteiger partial charge in [0.2, 0.25) is 0 Å². The summed E-state index contributed by atoms with van der Waals surface area (Å²) in [5.74, 6) is -0.0471. The fraction of sp³-hybridized carbons (Fsp3) is 0.0833. The summed E-state index contributed by atoms with van der Waals surface area (Å²) in [4.78, 5) is 7.69. The SMILES string of the molecule is Cc1cc(Nc2ncncc2C#N)c(Cl)cc1F. The Kier molecular flexibility index (Phi) is 3.40. The van der Waals surface area contributed by atoms with Crippen LogP contribution < -0.4 is 5.32 Å². The van der Waals surface area contributed by atoms with Crippen LogP contribution in [0.4, 0.5) is 15.9 Å². The average Bonchev–Trinajstić information content (AvgIpc) is 2.36. The van der Waals surface area contributed by atoms with Gasteiger partial charge in [-0.05, 0) is 24.6 Å². The molecule has 0 saturated heterocycles. The minimum Gasteiger partial charge on any atom is -0.338 e. The summed E-state index contributed by atoms with van der Waals surface area (Å²) in [7, 11) is 0. The van der Waals surface area contributed by atoms with Crippen LogP contribution in [0.3, 0.4) is 0 Å². The van der Waals surface area contributed by atoms with E-state index in [1.807, 2.05) is 6.07 Å². The number of aryl methyl sites for hydroxylation is 1. The third kappa shape index (κ3) is 2.39. The highest BCUT2D eigenvalue weighted by Gasteiger charge is 2.09. The van der Waals surface area contributed by atoms with Crippen molar-refractivity contribution < 1.29 is 4.39 Å². The summed E-state index contributed by atoms with van der Waals surface area (Å²) in [6.45, 7) is 1.63. The van der Waals surface area contributed by atoms with Gasteiger partial charge >= 0.3 is 0 Å². The Morgan fingerprint density at radius 3 is 2.94 bits per heavy atom. The quantitative estimate of drug-likeness (QED) is 0.903. The number of rotatable bonds is 2. The van der Waals surface area contributed by atoms with Crippen molar-refractivity contribution in [2.24, 2.45) is 0 Å². The van der Waals surface area contributed by atoms with Gasteiger partial charge in [0.25, 0.3) is 0 Å². The molecule has 2 aromatic rings. The minimum atomic E-state index is -0.381. The van der Waals surface area contributed by atoms with E-state index in [-0.39, 0.29) is 16.4 Å². The highest BCUT2D eigenvalue weighted by atomic mass is 35.5. The molecule has 0 spiro atoms. The Morgan fingerprint density at radius 1 is 1.44 bits per heavy atom. The van der Waals surface area contributed by atoms with Crippen LogP contribution in [0.15, 0.2) is 24.7 Å². The van der Waals surface area contributed by atoms with Crippen LogP contribution in [0, 0.1) is 24.1 Å². The van der Waals surface area contributed by atoms with Crippen LogP contribution in [-0.2, 0) is 0 Å². The lowest BCUT2D eigenvalue weighted by Crippen LogP contribution is -1.99. The first-order valence-electron chi connectivity index (χ1n) is 5.04. The van der Waals surface area contributed by atoms with Crippen molar-refractivity contribution in [3.63, 3.8) is 0 Å². The lowest BCUT2D eigenvalue weighted by atomic mass is 10.2. The van der Waals surface area contributed by atoms with Crippen LogP contribution >= 0.6 is 11.6 Å². The largest absolute Gasteiger partial charge is 0.338 e. The zero-order chi connectivity index (χ0) is 13.1. The summed E-state index contributed by atoms with van der Waals surface area (Å²) in [5.41, 5.74) is 1.23. The van der Waals surface area contributed by atoms with Gasteiger partial charge in [0.05, 0.1) is 16.9 Å². The van der Waals surface area contributed by atoms with Gasteiger partial charge in [-0.2, -0.15) is 5.26 Å². The normalized spacial score (nSPS) is 9.89. The lowest BCUT2D eigenvalue weighted by molar-refractivity contribution is 0.619. The maximum Gasteiger partial charge on any atom is 0.151 e. The second-order valence-electron chi connectivity index (χ2n) is 3.60. The second kappa shape index (κ2) is 4.98. The summed E-state index contributed by atoms with van der Waals surface area (Å²) in [6.07, 6.45) is 2.70. The zero-order valence-corrected chi connectivity index (χ0v) is 10.2. The highest BCUT2D eigenvalue weighted by Crippen LogP contribution is 2.28.